The molecule has 0 aliphatic carbocycles. The summed E-state index contributed by atoms with van der Waals surface area (Å²) in [6.07, 6.45) is 0. The van der Waals surface area contributed by atoms with Crippen LogP contribution >= 0.6 is 11.3 Å². The lowest BCUT2D eigenvalue weighted by Gasteiger charge is -2.06. The van der Waals surface area contributed by atoms with Gasteiger partial charge >= 0.3 is 11.6 Å². The van der Waals surface area contributed by atoms with Gasteiger partial charge in [0, 0.05) is 29.8 Å². The van der Waals surface area contributed by atoms with Crippen LogP contribution in [0.15, 0.2) is 44.9 Å². The van der Waals surface area contributed by atoms with Gasteiger partial charge < -0.3 is 19.2 Å². The summed E-state index contributed by atoms with van der Waals surface area (Å²) in [5, 5.41) is 5.43. The number of carbonyl (C=O) groups is 2. The number of nitrogens with zero attached hydrogens (tertiary/aromatic N) is 1. The molecule has 0 unspecified atom stereocenters. The van der Waals surface area contributed by atoms with Crippen molar-refractivity contribution in [2.24, 2.45) is 0 Å². The monoisotopic (exact) mass is 374 g/mol. The van der Waals surface area contributed by atoms with E-state index >= 15 is 0 Å². The molecule has 26 heavy (non-hydrogen) atoms. The van der Waals surface area contributed by atoms with Gasteiger partial charge in [0.05, 0.1) is 5.69 Å². The first-order valence-corrected chi connectivity index (χ1v) is 8.42. The van der Waals surface area contributed by atoms with Gasteiger partial charge in [-0.25, -0.2) is 14.6 Å². The zero-order valence-electron chi connectivity index (χ0n) is 13.7. The van der Waals surface area contributed by atoms with Crippen molar-refractivity contribution in [1.29, 1.82) is 0 Å². The molecular weight excluding hydrogens is 360 g/mol. The Morgan fingerprint density at radius 3 is 2.88 bits per heavy atom. The summed E-state index contributed by atoms with van der Waals surface area (Å²) in [6.45, 7) is 1.06. The number of fused-ring (bicyclic) bond motifs is 1. The van der Waals surface area contributed by atoms with Crippen LogP contribution in [-0.2, 0) is 20.9 Å². The Labute approximate surface area is 151 Å². The highest BCUT2D eigenvalue weighted by Gasteiger charge is 2.09. The molecule has 2 heterocycles. The second-order valence-electron chi connectivity index (χ2n) is 5.23. The summed E-state index contributed by atoms with van der Waals surface area (Å²) >= 11 is 1.24. The Kier molecular flexibility index (Phi) is 5.28. The highest BCUT2D eigenvalue weighted by molar-refractivity contribution is 7.13. The number of hydrogen-bond acceptors (Lipinski definition) is 8. The molecule has 2 aromatic heterocycles. The number of thiazole rings is 1. The minimum atomic E-state index is -0.575. The van der Waals surface area contributed by atoms with E-state index in [1.54, 1.807) is 23.6 Å². The maximum atomic E-state index is 11.8. The van der Waals surface area contributed by atoms with Crippen LogP contribution in [0.1, 0.15) is 12.6 Å². The Hall–Kier alpha value is -3.20. The Bertz CT molecular complexity index is 1010. The number of rotatable bonds is 6. The van der Waals surface area contributed by atoms with Gasteiger partial charge in [0.15, 0.2) is 11.7 Å². The van der Waals surface area contributed by atoms with Crippen LogP contribution in [0.4, 0.5) is 5.13 Å². The van der Waals surface area contributed by atoms with E-state index in [4.69, 9.17) is 13.9 Å². The molecule has 9 heteroatoms. The summed E-state index contributed by atoms with van der Waals surface area (Å²) in [5.74, 6) is -0.415. The molecule has 0 bridgehead atoms. The van der Waals surface area contributed by atoms with Crippen LogP contribution in [-0.4, -0.2) is 23.5 Å². The van der Waals surface area contributed by atoms with E-state index in [-0.39, 0.29) is 19.1 Å². The van der Waals surface area contributed by atoms with Crippen LogP contribution in [0.2, 0.25) is 0 Å². The fourth-order valence-electron chi connectivity index (χ4n) is 2.05. The molecule has 8 nitrogen and oxygen atoms in total. The van der Waals surface area contributed by atoms with Gasteiger partial charge in [0.1, 0.15) is 17.9 Å². The van der Waals surface area contributed by atoms with E-state index in [0.717, 1.165) is 5.39 Å². The van der Waals surface area contributed by atoms with E-state index < -0.39 is 11.6 Å². The van der Waals surface area contributed by atoms with Gasteiger partial charge in [0.2, 0.25) is 5.91 Å². The Morgan fingerprint density at radius 1 is 1.27 bits per heavy atom. The molecule has 1 N–H and O–H groups in total. The quantitative estimate of drug-likeness (QED) is 0.521. The van der Waals surface area contributed by atoms with Crippen LogP contribution in [0.25, 0.3) is 11.0 Å². The third-order valence-corrected chi connectivity index (χ3v) is 3.97. The Morgan fingerprint density at radius 2 is 2.08 bits per heavy atom. The van der Waals surface area contributed by atoms with E-state index in [9.17, 15) is 14.4 Å². The summed E-state index contributed by atoms with van der Waals surface area (Å²) in [6, 6.07) is 7.88. The predicted octanol–water partition coefficient (Wildman–Crippen LogP) is 2.33. The minimum absolute atomic E-state index is 0.0229. The van der Waals surface area contributed by atoms with Crippen molar-refractivity contribution < 1.29 is 23.5 Å². The third-order valence-electron chi connectivity index (χ3n) is 3.17. The first-order chi connectivity index (χ1) is 12.5. The van der Waals surface area contributed by atoms with Crippen LogP contribution < -0.4 is 15.7 Å². The van der Waals surface area contributed by atoms with E-state index in [2.05, 4.69) is 10.3 Å². The SMILES string of the molecule is CC(=O)Nc1nc(COC(=O)COc2ccc3ccc(=O)oc3c2)cs1. The number of carbonyl (C=O) groups excluding carboxylic acids is 2. The number of amides is 1. The van der Waals surface area contributed by atoms with Crippen LogP contribution in [0.5, 0.6) is 5.75 Å². The number of ether oxygens (including phenoxy) is 2. The number of nitrogens with one attached hydrogen (secondary N) is 1. The first kappa shape index (κ1) is 17.6. The van der Waals surface area contributed by atoms with Gasteiger partial charge in [-0.15, -0.1) is 11.3 Å². The lowest BCUT2D eigenvalue weighted by Crippen LogP contribution is -2.15. The fraction of sp³-hybridized carbons (Fsp3) is 0.176. The molecule has 0 spiro atoms. The summed E-state index contributed by atoms with van der Waals surface area (Å²) in [7, 11) is 0. The highest BCUT2D eigenvalue weighted by Crippen LogP contribution is 2.19. The number of esters is 1. The summed E-state index contributed by atoms with van der Waals surface area (Å²) < 4.78 is 15.5. The van der Waals surface area contributed by atoms with Crippen LogP contribution in [0, 0.1) is 0 Å². The molecule has 3 aromatic rings. The highest BCUT2D eigenvalue weighted by atomic mass is 32.1. The van der Waals surface area contributed by atoms with Crippen molar-refractivity contribution in [3.63, 3.8) is 0 Å². The van der Waals surface area contributed by atoms with Crippen LogP contribution in [0.3, 0.4) is 0 Å². The molecule has 0 atom stereocenters. The minimum Gasteiger partial charge on any atom is -0.482 e. The molecule has 1 amide bonds. The standard InChI is InChI=1S/C17H14N2O6S/c1-10(20)18-17-19-12(9-26-17)7-24-16(22)8-23-13-4-2-11-3-5-15(21)25-14(11)6-13/h2-6,9H,7-8H2,1H3,(H,18,19,20). The Balaban J connectivity index is 1.51. The molecule has 0 radical (unpaired) electrons. The lowest BCUT2D eigenvalue weighted by atomic mass is 10.2. The zero-order chi connectivity index (χ0) is 18.5. The maximum absolute atomic E-state index is 11.8. The summed E-state index contributed by atoms with van der Waals surface area (Å²) in [5.41, 5.74) is 0.437. The molecule has 0 aliphatic heterocycles. The van der Waals surface area contributed by atoms with E-state index in [1.165, 1.54) is 30.4 Å². The smallest absolute Gasteiger partial charge is 0.344 e. The maximum Gasteiger partial charge on any atom is 0.344 e. The van der Waals surface area contributed by atoms with Crippen molar-refractivity contribution >= 4 is 39.3 Å². The van der Waals surface area contributed by atoms with Gasteiger partial charge in [-0.1, -0.05) is 0 Å². The molecule has 0 saturated carbocycles. The molecule has 1 aromatic carbocycles. The largest absolute Gasteiger partial charge is 0.482 e. The number of anilines is 1. The summed E-state index contributed by atoms with van der Waals surface area (Å²) in [4.78, 5) is 38.1. The molecule has 3 rings (SSSR count). The van der Waals surface area contributed by atoms with E-state index in [1.807, 2.05) is 0 Å². The lowest BCUT2D eigenvalue weighted by molar-refractivity contribution is -0.147. The van der Waals surface area contributed by atoms with Gasteiger partial charge in [-0.3, -0.25) is 4.79 Å². The second-order valence-corrected chi connectivity index (χ2v) is 6.09. The average Bonchev–Trinajstić information content (AvgIpc) is 3.04. The number of aromatic nitrogens is 1. The van der Waals surface area contributed by atoms with Gasteiger partial charge in [-0.2, -0.15) is 0 Å². The van der Waals surface area contributed by atoms with Crippen molar-refractivity contribution in [1.82, 2.24) is 4.98 Å². The fourth-order valence-corrected chi connectivity index (χ4v) is 2.79. The molecular formula is C17H14N2O6S. The predicted molar refractivity (Wildman–Crippen MR) is 94.2 cm³/mol. The zero-order valence-corrected chi connectivity index (χ0v) is 14.5. The van der Waals surface area contributed by atoms with Crippen molar-refractivity contribution in [3.05, 3.63) is 51.8 Å². The third kappa shape index (κ3) is 4.67. The van der Waals surface area contributed by atoms with Crippen molar-refractivity contribution in [2.75, 3.05) is 11.9 Å². The topological polar surface area (TPSA) is 108 Å². The average molecular weight is 374 g/mol. The second kappa shape index (κ2) is 7.79. The van der Waals surface area contributed by atoms with Gasteiger partial charge in [0.25, 0.3) is 0 Å². The van der Waals surface area contributed by atoms with Gasteiger partial charge in [-0.05, 0) is 18.2 Å². The molecule has 0 aliphatic rings. The number of hydrogen-bond donors (Lipinski definition) is 1. The normalized spacial score (nSPS) is 10.5. The molecule has 0 fully saturated rings. The van der Waals surface area contributed by atoms with Crippen molar-refractivity contribution in [2.45, 2.75) is 13.5 Å². The molecule has 134 valence electrons. The number of benzene rings is 1. The first-order valence-electron chi connectivity index (χ1n) is 7.54. The van der Waals surface area contributed by atoms with E-state index in [0.29, 0.717) is 22.2 Å². The molecule has 0 saturated heterocycles. The van der Waals surface area contributed by atoms with Crippen molar-refractivity contribution in [3.8, 4) is 5.75 Å².